The highest BCUT2D eigenvalue weighted by atomic mass is 35.5. The van der Waals surface area contributed by atoms with Crippen LogP contribution in [-0.2, 0) is 9.53 Å². The number of carboxylic acids is 1. The van der Waals surface area contributed by atoms with Gasteiger partial charge in [0.15, 0.2) is 17.3 Å². The highest BCUT2D eigenvalue weighted by molar-refractivity contribution is 6.31. The van der Waals surface area contributed by atoms with Gasteiger partial charge in [-0.3, -0.25) is 9.89 Å². The fourth-order valence-corrected chi connectivity index (χ4v) is 4.85. The van der Waals surface area contributed by atoms with Crippen LogP contribution in [0, 0.1) is 11.7 Å². The number of nitrogens with one attached hydrogen (secondary N) is 1. The quantitative estimate of drug-likeness (QED) is 0.514. The first-order valence-electron chi connectivity index (χ1n) is 9.42. The predicted octanol–water partition coefficient (Wildman–Crippen LogP) is 2.97. The molecule has 2 saturated heterocycles. The van der Waals surface area contributed by atoms with Gasteiger partial charge in [0, 0.05) is 18.6 Å². The Morgan fingerprint density at radius 2 is 2.10 bits per heavy atom. The summed E-state index contributed by atoms with van der Waals surface area (Å²) < 4.78 is 22.1. The zero-order chi connectivity index (χ0) is 20.6. The SMILES string of the molecule is O=C(O)[C@@H]1[C@@H](n2cc(F)c3cnc(-c4[nH]nc5ncc(Cl)cc45)nc32)[C@H]2CC[C@@H]1O2. The van der Waals surface area contributed by atoms with E-state index in [9.17, 15) is 14.3 Å². The normalized spacial score (nSPS) is 25.5. The minimum atomic E-state index is -0.955. The van der Waals surface area contributed by atoms with E-state index in [1.54, 1.807) is 10.6 Å². The minimum Gasteiger partial charge on any atom is -0.481 e. The Kier molecular flexibility index (Phi) is 3.66. The van der Waals surface area contributed by atoms with Crippen LogP contribution in [0.3, 0.4) is 0 Å². The van der Waals surface area contributed by atoms with Crippen molar-refractivity contribution in [3.05, 3.63) is 35.5 Å². The molecule has 2 bridgehead atoms. The molecule has 0 aromatic carbocycles. The number of H-pyrrole nitrogens is 1. The number of nitrogens with zero attached hydrogens (tertiary/aromatic N) is 5. The first kappa shape index (κ1) is 17.7. The predicted molar refractivity (Wildman–Crippen MR) is 103 cm³/mol. The van der Waals surface area contributed by atoms with Crippen LogP contribution in [0.1, 0.15) is 18.9 Å². The van der Waals surface area contributed by atoms with Gasteiger partial charge in [-0.05, 0) is 18.9 Å². The minimum absolute atomic E-state index is 0.214. The average Bonchev–Trinajstić information content (AvgIpc) is 3.49. The van der Waals surface area contributed by atoms with E-state index in [4.69, 9.17) is 16.3 Å². The van der Waals surface area contributed by atoms with Crippen LogP contribution < -0.4 is 0 Å². The molecule has 4 atom stereocenters. The Morgan fingerprint density at radius 3 is 2.93 bits per heavy atom. The van der Waals surface area contributed by atoms with E-state index in [1.165, 1.54) is 18.6 Å². The van der Waals surface area contributed by atoms with E-state index in [0.29, 0.717) is 33.8 Å². The lowest BCUT2D eigenvalue weighted by atomic mass is 9.84. The lowest BCUT2D eigenvalue weighted by molar-refractivity contribution is -0.144. The molecule has 4 aromatic rings. The van der Waals surface area contributed by atoms with Gasteiger partial charge in [-0.2, -0.15) is 5.10 Å². The number of hydrogen-bond donors (Lipinski definition) is 2. The largest absolute Gasteiger partial charge is 0.481 e. The highest BCUT2D eigenvalue weighted by Gasteiger charge is 2.53. The number of aromatic nitrogens is 6. The third kappa shape index (κ3) is 2.40. The Balaban J connectivity index is 1.53. The number of fused-ring (bicyclic) bond motifs is 4. The second-order valence-corrected chi connectivity index (χ2v) is 8.02. The van der Waals surface area contributed by atoms with Gasteiger partial charge in [-0.15, -0.1) is 0 Å². The van der Waals surface area contributed by atoms with E-state index in [0.717, 1.165) is 6.42 Å². The Hall–Kier alpha value is -3.11. The number of ether oxygens (including phenoxy) is 1. The van der Waals surface area contributed by atoms with E-state index < -0.39 is 23.7 Å². The summed E-state index contributed by atoms with van der Waals surface area (Å²) in [5, 5.41) is 18.0. The number of aliphatic carboxylic acids is 1. The molecule has 6 heterocycles. The Labute approximate surface area is 172 Å². The first-order valence-corrected chi connectivity index (χ1v) is 9.80. The lowest BCUT2D eigenvalue weighted by Crippen LogP contribution is -2.35. The van der Waals surface area contributed by atoms with Gasteiger partial charge in [0.05, 0.1) is 34.0 Å². The highest BCUT2D eigenvalue weighted by Crippen LogP contribution is 2.47. The standard InChI is InChI=1S/C19H14ClFN6O3/c20-7-3-8-14(25-26-16(8)22-4-7)17-23-5-9-10(21)6-27(18(9)24-17)15-12-2-1-11(30-12)13(15)19(28)29/h3-6,11-13,15H,1-2H2,(H,28,29)(H,22,25,26)/t11-,12+,13-,15-/m0/s1. The van der Waals surface area contributed by atoms with Crippen molar-refractivity contribution >= 4 is 39.6 Å². The summed E-state index contributed by atoms with van der Waals surface area (Å²) >= 11 is 6.06. The maximum atomic E-state index is 14.7. The van der Waals surface area contributed by atoms with Crippen LogP contribution in [-0.4, -0.2) is 53.0 Å². The molecule has 4 aromatic heterocycles. The van der Waals surface area contributed by atoms with Crippen molar-refractivity contribution in [3.8, 4) is 11.5 Å². The summed E-state index contributed by atoms with van der Waals surface area (Å²) in [5.41, 5.74) is 1.25. The van der Waals surface area contributed by atoms with Gasteiger partial charge in [0.25, 0.3) is 0 Å². The zero-order valence-electron chi connectivity index (χ0n) is 15.3. The van der Waals surface area contributed by atoms with Gasteiger partial charge in [0.2, 0.25) is 0 Å². The fourth-order valence-electron chi connectivity index (χ4n) is 4.70. The fraction of sp³-hybridized carbons (Fsp3) is 0.316. The number of aromatic amines is 1. The van der Waals surface area contributed by atoms with Gasteiger partial charge in [-0.25, -0.2) is 19.3 Å². The van der Waals surface area contributed by atoms with Gasteiger partial charge in [-0.1, -0.05) is 11.6 Å². The molecule has 6 rings (SSSR count). The molecular weight excluding hydrogens is 415 g/mol. The van der Waals surface area contributed by atoms with Crippen molar-refractivity contribution < 1.29 is 19.0 Å². The molecule has 2 aliphatic heterocycles. The summed E-state index contributed by atoms with van der Waals surface area (Å²) in [6.07, 6.45) is 4.92. The smallest absolute Gasteiger partial charge is 0.311 e. The molecule has 0 amide bonds. The molecule has 0 unspecified atom stereocenters. The molecule has 0 radical (unpaired) electrons. The summed E-state index contributed by atoms with van der Waals surface area (Å²) in [6, 6.07) is 1.16. The lowest BCUT2D eigenvalue weighted by Gasteiger charge is -2.26. The summed E-state index contributed by atoms with van der Waals surface area (Å²) in [5.74, 6) is -1.94. The maximum Gasteiger partial charge on any atom is 0.311 e. The van der Waals surface area contributed by atoms with E-state index in [2.05, 4.69) is 25.1 Å². The number of rotatable bonds is 3. The monoisotopic (exact) mass is 428 g/mol. The topological polar surface area (TPSA) is 119 Å². The van der Waals surface area contributed by atoms with E-state index in [-0.39, 0.29) is 23.4 Å². The van der Waals surface area contributed by atoms with Gasteiger partial charge >= 0.3 is 5.97 Å². The van der Waals surface area contributed by atoms with Crippen LogP contribution in [0.25, 0.3) is 33.6 Å². The van der Waals surface area contributed by atoms with Gasteiger partial charge < -0.3 is 14.4 Å². The van der Waals surface area contributed by atoms with Crippen molar-refractivity contribution in [1.29, 1.82) is 0 Å². The third-order valence-electron chi connectivity index (χ3n) is 5.96. The van der Waals surface area contributed by atoms with E-state index >= 15 is 0 Å². The van der Waals surface area contributed by atoms with Crippen molar-refractivity contribution in [1.82, 2.24) is 29.7 Å². The van der Waals surface area contributed by atoms with Crippen LogP contribution in [0.2, 0.25) is 5.02 Å². The van der Waals surface area contributed by atoms with Crippen molar-refractivity contribution in [2.75, 3.05) is 0 Å². The molecule has 9 nitrogen and oxygen atoms in total. The third-order valence-corrected chi connectivity index (χ3v) is 6.17. The van der Waals surface area contributed by atoms with Crippen molar-refractivity contribution in [2.45, 2.75) is 31.1 Å². The molecule has 0 saturated carbocycles. The summed E-state index contributed by atoms with van der Waals surface area (Å²) in [4.78, 5) is 24.9. The number of halogens is 2. The molecule has 2 aliphatic rings. The molecule has 11 heteroatoms. The number of pyridine rings is 1. The molecular formula is C19H14ClFN6O3. The first-order chi connectivity index (χ1) is 14.5. The molecule has 0 spiro atoms. The molecule has 2 N–H and O–H groups in total. The molecule has 2 fully saturated rings. The number of carboxylic acid groups (broad SMARTS) is 1. The van der Waals surface area contributed by atoms with Crippen molar-refractivity contribution in [2.24, 2.45) is 5.92 Å². The van der Waals surface area contributed by atoms with Crippen LogP contribution in [0.15, 0.2) is 24.7 Å². The second-order valence-electron chi connectivity index (χ2n) is 7.58. The second kappa shape index (κ2) is 6.19. The summed E-state index contributed by atoms with van der Waals surface area (Å²) in [6.45, 7) is 0. The number of carbonyl (C=O) groups is 1. The maximum absolute atomic E-state index is 14.7. The van der Waals surface area contributed by atoms with Crippen LogP contribution in [0.5, 0.6) is 0 Å². The van der Waals surface area contributed by atoms with Crippen LogP contribution in [0.4, 0.5) is 4.39 Å². The zero-order valence-corrected chi connectivity index (χ0v) is 16.0. The van der Waals surface area contributed by atoms with Crippen LogP contribution >= 0.6 is 11.6 Å². The molecule has 30 heavy (non-hydrogen) atoms. The molecule has 0 aliphatic carbocycles. The summed E-state index contributed by atoms with van der Waals surface area (Å²) in [7, 11) is 0. The van der Waals surface area contributed by atoms with E-state index in [1.807, 2.05) is 0 Å². The Morgan fingerprint density at radius 1 is 1.27 bits per heavy atom. The van der Waals surface area contributed by atoms with Crippen molar-refractivity contribution in [3.63, 3.8) is 0 Å². The average molecular weight is 429 g/mol. The molecule has 152 valence electrons. The van der Waals surface area contributed by atoms with Gasteiger partial charge in [0.1, 0.15) is 17.3 Å². The number of hydrogen-bond acceptors (Lipinski definition) is 6. The Bertz CT molecular complexity index is 1340.